The van der Waals surface area contributed by atoms with Gasteiger partial charge in [-0.25, -0.2) is 4.79 Å². The minimum absolute atomic E-state index is 0.299. The van der Waals surface area contributed by atoms with Crippen LogP contribution in [0.2, 0.25) is 0 Å². The summed E-state index contributed by atoms with van der Waals surface area (Å²) in [6.45, 7) is 2.45. The highest BCUT2D eigenvalue weighted by Gasteiger charge is 2.38. The van der Waals surface area contributed by atoms with Crippen LogP contribution in [0.15, 0.2) is 0 Å². The fourth-order valence-corrected chi connectivity index (χ4v) is 2.22. The van der Waals surface area contributed by atoms with Crippen LogP contribution < -0.4 is 5.32 Å². The van der Waals surface area contributed by atoms with Crippen molar-refractivity contribution in [3.05, 3.63) is 0 Å². The normalized spacial score (nSPS) is 21.0. The molecule has 2 fully saturated rings. The van der Waals surface area contributed by atoms with Crippen LogP contribution >= 0.6 is 0 Å². The van der Waals surface area contributed by atoms with Gasteiger partial charge in [0.2, 0.25) is 5.91 Å². The lowest BCUT2D eigenvalue weighted by Crippen LogP contribution is -2.51. The molecule has 0 radical (unpaired) electrons. The number of carbonyl (C=O) groups excluding carboxylic acids is 1. The molecule has 1 aliphatic heterocycles. The van der Waals surface area contributed by atoms with Crippen molar-refractivity contribution in [2.75, 3.05) is 19.6 Å². The number of hydrogen-bond donors (Lipinski definition) is 2. The first-order valence-corrected chi connectivity index (χ1v) is 6.12. The molecular weight excluding hydrogens is 265 g/mol. The zero-order valence-corrected chi connectivity index (χ0v) is 10.4. The van der Waals surface area contributed by atoms with Gasteiger partial charge in [0.15, 0.2) is 0 Å². The molecular formula is C11H17F3N2O3. The highest BCUT2D eigenvalue weighted by Crippen LogP contribution is 2.23. The number of nitrogens with zero attached hydrogens (tertiary/aromatic N) is 1. The van der Waals surface area contributed by atoms with Crippen LogP contribution in [0, 0.1) is 0 Å². The zero-order valence-electron chi connectivity index (χ0n) is 10.4. The Morgan fingerprint density at radius 3 is 2.26 bits per heavy atom. The molecule has 1 heterocycles. The number of carboxylic acid groups (broad SMARTS) is 1. The molecule has 0 aromatic carbocycles. The van der Waals surface area contributed by atoms with Crippen LogP contribution in [0.1, 0.15) is 25.7 Å². The van der Waals surface area contributed by atoms with Crippen LogP contribution in [-0.2, 0) is 9.59 Å². The third kappa shape index (κ3) is 5.06. The number of carbonyl (C=O) groups is 2. The van der Waals surface area contributed by atoms with Crippen molar-refractivity contribution in [3.8, 4) is 0 Å². The van der Waals surface area contributed by atoms with E-state index in [0.29, 0.717) is 18.5 Å². The van der Waals surface area contributed by atoms with Gasteiger partial charge < -0.3 is 15.3 Å². The smallest absolute Gasteiger partial charge is 0.475 e. The quantitative estimate of drug-likeness (QED) is 0.752. The third-order valence-electron chi connectivity index (χ3n) is 3.13. The van der Waals surface area contributed by atoms with Gasteiger partial charge in [-0.15, -0.1) is 0 Å². The van der Waals surface area contributed by atoms with Gasteiger partial charge in [0.05, 0.1) is 6.54 Å². The Labute approximate surface area is 108 Å². The minimum Gasteiger partial charge on any atom is -0.475 e. The van der Waals surface area contributed by atoms with Crippen LogP contribution in [0.25, 0.3) is 0 Å². The second-order valence-electron chi connectivity index (χ2n) is 4.51. The molecule has 0 bridgehead atoms. The standard InChI is InChI=1S/C9H16N2O.C2HF3O2/c12-9-7-10-5-6-11(9)8-3-1-2-4-8;3-2(4,5)1(6)7/h8,10H,1-7H2;(H,6,7). The summed E-state index contributed by atoms with van der Waals surface area (Å²) in [5.41, 5.74) is 0. The van der Waals surface area contributed by atoms with Gasteiger partial charge in [0.1, 0.15) is 0 Å². The SMILES string of the molecule is O=C(O)C(F)(F)F.O=C1CNCCN1C1CCCC1. The van der Waals surface area contributed by atoms with Crippen molar-refractivity contribution in [2.24, 2.45) is 0 Å². The lowest BCUT2D eigenvalue weighted by molar-refractivity contribution is -0.192. The number of rotatable bonds is 1. The van der Waals surface area contributed by atoms with Gasteiger partial charge in [0, 0.05) is 19.1 Å². The number of halogens is 3. The lowest BCUT2D eigenvalue weighted by atomic mass is 10.2. The van der Waals surface area contributed by atoms with Crippen molar-refractivity contribution in [1.29, 1.82) is 0 Å². The summed E-state index contributed by atoms with van der Waals surface area (Å²) in [5.74, 6) is -2.46. The Hall–Kier alpha value is -1.31. The highest BCUT2D eigenvalue weighted by atomic mass is 19.4. The number of alkyl halides is 3. The van der Waals surface area contributed by atoms with Gasteiger partial charge in [-0.2, -0.15) is 13.2 Å². The van der Waals surface area contributed by atoms with Crippen molar-refractivity contribution in [1.82, 2.24) is 10.2 Å². The monoisotopic (exact) mass is 282 g/mol. The molecule has 0 unspecified atom stereocenters. The van der Waals surface area contributed by atoms with Crippen LogP contribution in [-0.4, -0.2) is 53.7 Å². The fraction of sp³-hybridized carbons (Fsp3) is 0.818. The Morgan fingerprint density at radius 2 is 1.84 bits per heavy atom. The Morgan fingerprint density at radius 1 is 1.32 bits per heavy atom. The second-order valence-corrected chi connectivity index (χ2v) is 4.51. The van der Waals surface area contributed by atoms with Crippen molar-refractivity contribution < 1.29 is 27.9 Å². The van der Waals surface area contributed by atoms with Gasteiger partial charge in [0.25, 0.3) is 0 Å². The molecule has 0 spiro atoms. The largest absolute Gasteiger partial charge is 0.490 e. The van der Waals surface area contributed by atoms with Crippen molar-refractivity contribution >= 4 is 11.9 Å². The molecule has 0 atom stereocenters. The Bertz CT molecular complexity index is 328. The summed E-state index contributed by atoms with van der Waals surface area (Å²) in [5, 5.41) is 10.2. The fourth-order valence-electron chi connectivity index (χ4n) is 2.22. The molecule has 1 amide bonds. The van der Waals surface area contributed by atoms with Gasteiger partial charge in [-0.1, -0.05) is 12.8 Å². The topological polar surface area (TPSA) is 69.6 Å². The summed E-state index contributed by atoms with van der Waals surface area (Å²) in [6.07, 6.45) is -0.0127. The first-order valence-electron chi connectivity index (χ1n) is 6.12. The Kier molecular flexibility index (Phi) is 5.59. The van der Waals surface area contributed by atoms with E-state index in [1.54, 1.807) is 0 Å². The van der Waals surface area contributed by atoms with E-state index in [0.717, 1.165) is 13.1 Å². The first-order chi connectivity index (χ1) is 8.82. The minimum atomic E-state index is -5.08. The molecule has 2 rings (SSSR count). The molecule has 8 heteroatoms. The summed E-state index contributed by atoms with van der Waals surface area (Å²) in [7, 11) is 0. The number of nitrogens with one attached hydrogen (secondary N) is 1. The second kappa shape index (κ2) is 6.74. The molecule has 1 saturated heterocycles. The molecule has 0 aromatic rings. The van der Waals surface area contributed by atoms with E-state index in [-0.39, 0.29) is 0 Å². The van der Waals surface area contributed by atoms with E-state index in [2.05, 4.69) is 10.2 Å². The molecule has 1 aliphatic carbocycles. The maximum absolute atomic E-state index is 11.4. The van der Waals surface area contributed by atoms with E-state index in [1.807, 2.05) is 0 Å². The average molecular weight is 282 g/mol. The van der Waals surface area contributed by atoms with Crippen molar-refractivity contribution in [3.63, 3.8) is 0 Å². The first kappa shape index (κ1) is 15.7. The molecule has 19 heavy (non-hydrogen) atoms. The third-order valence-corrected chi connectivity index (χ3v) is 3.13. The highest BCUT2D eigenvalue weighted by molar-refractivity contribution is 5.79. The molecule has 110 valence electrons. The summed E-state index contributed by atoms with van der Waals surface area (Å²) < 4.78 is 31.7. The molecule has 2 N–H and O–H groups in total. The van der Waals surface area contributed by atoms with Crippen LogP contribution in [0.4, 0.5) is 13.2 Å². The summed E-state index contributed by atoms with van der Waals surface area (Å²) in [6, 6.07) is 0.569. The van der Waals surface area contributed by atoms with E-state index in [1.165, 1.54) is 25.7 Å². The lowest BCUT2D eigenvalue weighted by Gasteiger charge is -2.32. The number of carboxylic acids is 1. The van der Waals surface area contributed by atoms with E-state index >= 15 is 0 Å². The van der Waals surface area contributed by atoms with Crippen LogP contribution in [0.5, 0.6) is 0 Å². The van der Waals surface area contributed by atoms with Gasteiger partial charge in [-0.05, 0) is 12.8 Å². The van der Waals surface area contributed by atoms with E-state index in [4.69, 9.17) is 9.90 Å². The summed E-state index contributed by atoms with van der Waals surface area (Å²) in [4.78, 5) is 22.4. The number of aliphatic carboxylic acids is 1. The van der Waals surface area contributed by atoms with Crippen LogP contribution in [0.3, 0.4) is 0 Å². The maximum atomic E-state index is 11.4. The molecule has 2 aliphatic rings. The van der Waals surface area contributed by atoms with Gasteiger partial charge in [-0.3, -0.25) is 4.79 Å². The predicted octanol–water partition coefficient (Wildman–Crippen LogP) is 0.994. The average Bonchev–Trinajstić information content (AvgIpc) is 2.82. The molecule has 1 saturated carbocycles. The van der Waals surface area contributed by atoms with Crippen molar-refractivity contribution in [2.45, 2.75) is 37.9 Å². The number of piperazine rings is 1. The summed E-state index contributed by atoms with van der Waals surface area (Å²) >= 11 is 0. The zero-order chi connectivity index (χ0) is 14.5. The van der Waals surface area contributed by atoms with E-state index < -0.39 is 12.1 Å². The molecule has 0 aromatic heterocycles. The number of hydrogen-bond acceptors (Lipinski definition) is 3. The number of amides is 1. The van der Waals surface area contributed by atoms with Gasteiger partial charge >= 0.3 is 12.1 Å². The van der Waals surface area contributed by atoms with E-state index in [9.17, 15) is 18.0 Å². The molecule has 5 nitrogen and oxygen atoms in total. The predicted molar refractivity (Wildman–Crippen MR) is 60.5 cm³/mol. The Balaban J connectivity index is 0.000000224. The maximum Gasteiger partial charge on any atom is 0.490 e.